The van der Waals surface area contributed by atoms with E-state index in [1.54, 1.807) is 62.4 Å². The third kappa shape index (κ3) is 4.93. The van der Waals surface area contributed by atoms with Crippen LogP contribution in [0.4, 0.5) is 0 Å². The van der Waals surface area contributed by atoms with Crippen LogP contribution in [0.15, 0.2) is 58.3 Å². The largest absolute Gasteiger partial charge is 0.372 e. The van der Waals surface area contributed by atoms with E-state index < -0.39 is 32.3 Å². The van der Waals surface area contributed by atoms with Gasteiger partial charge in [-0.1, -0.05) is 35.4 Å². The highest BCUT2D eigenvalue weighted by atomic mass is 32.2. The predicted molar refractivity (Wildman–Crippen MR) is 129 cm³/mol. The fraction of sp³-hybridized carbons (Fsp3) is 0.500. The third-order valence-corrected chi connectivity index (χ3v) is 10.5. The number of ether oxygens (including phenoxy) is 2. The van der Waals surface area contributed by atoms with Gasteiger partial charge in [0.25, 0.3) is 0 Å². The molecule has 34 heavy (non-hydrogen) atoms. The van der Waals surface area contributed by atoms with Crippen LogP contribution in [0.1, 0.15) is 25.0 Å². The van der Waals surface area contributed by atoms with E-state index in [2.05, 4.69) is 0 Å². The minimum atomic E-state index is -3.73. The fourth-order valence-electron chi connectivity index (χ4n) is 4.32. The lowest BCUT2D eigenvalue weighted by Gasteiger charge is -2.44. The van der Waals surface area contributed by atoms with Gasteiger partial charge in [-0.05, 0) is 52.0 Å². The molecule has 4 rings (SSSR count). The highest BCUT2D eigenvalue weighted by molar-refractivity contribution is 7.89. The highest BCUT2D eigenvalue weighted by Gasteiger charge is 2.43. The van der Waals surface area contributed by atoms with Crippen molar-refractivity contribution < 1.29 is 26.3 Å². The van der Waals surface area contributed by atoms with Crippen molar-refractivity contribution in [3.63, 3.8) is 0 Å². The zero-order chi connectivity index (χ0) is 24.7. The number of sulfonamides is 2. The van der Waals surface area contributed by atoms with Crippen molar-refractivity contribution in [1.82, 2.24) is 8.61 Å². The van der Waals surface area contributed by atoms with Gasteiger partial charge in [-0.15, -0.1) is 0 Å². The first-order valence-electron chi connectivity index (χ1n) is 11.4. The minimum absolute atomic E-state index is 0.0921. The van der Waals surface area contributed by atoms with Crippen molar-refractivity contribution in [2.24, 2.45) is 0 Å². The summed E-state index contributed by atoms with van der Waals surface area (Å²) in [6.45, 7) is 8.01. The van der Waals surface area contributed by atoms with Crippen molar-refractivity contribution in [2.75, 3.05) is 26.3 Å². The summed E-state index contributed by atoms with van der Waals surface area (Å²) in [4.78, 5) is 0.458. The molecule has 0 saturated carbocycles. The van der Waals surface area contributed by atoms with Gasteiger partial charge >= 0.3 is 0 Å². The number of nitrogens with zero attached hydrogens (tertiary/aromatic N) is 2. The van der Waals surface area contributed by atoms with Crippen molar-refractivity contribution in [3.05, 3.63) is 59.7 Å². The van der Waals surface area contributed by atoms with E-state index >= 15 is 0 Å². The molecule has 2 aliphatic heterocycles. The molecule has 0 unspecified atom stereocenters. The molecule has 0 bridgehead atoms. The Bertz CT molecular complexity index is 1120. The van der Waals surface area contributed by atoms with Crippen LogP contribution in [-0.4, -0.2) is 76.0 Å². The number of rotatable bonds is 5. The number of benzene rings is 2. The lowest BCUT2D eigenvalue weighted by molar-refractivity contribution is -0.137. The second-order valence-electron chi connectivity index (χ2n) is 9.22. The molecule has 2 heterocycles. The Hall–Kier alpha value is -1.82. The maximum Gasteiger partial charge on any atom is 0.243 e. The van der Waals surface area contributed by atoms with E-state index in [1.807, 2.05) is 13.8 Å². The van der Waals surface area contributed by atoms with E-state index in [9.17, 15) is 16.8 Å². The molecule has 0 amide bonds. The average molecular weight is 509 g/mol. The first-order valence-corrected chi connectivity index (χ1v) is 14.3. The highest BCUT2D eigenvalue weighted by Crippen LogP contribution is 2.29. The monoisotopic (exact) mass is 508 g/mol. The van der Waals surface area contributed by atoms with Crippen LogP contribution in [0.3, 0.4) is 0 Å². The van der Waals surface area contributed by atoms with Crippen LogP contribution in [-0.2, 0) is 29.5 Å². The standard InChI is InChI=1S/C24H32N2O6S2/c1-17-5-9-21(10-6-17)33(27,28)25-13-23(31-15-19(25)3)24-14-26(20(4)16-32-24)34(29,30)22-11-7-18(2)8-12-22/h5-12,19-20,23-24H,13-16H2,1-4H3/t19-,20-,23+,24+/m0/s1. The summed E-state index contributed by atoms with van der Waals surface area (Å²) < 4.78 is 68.2. The molecule has 2 aromatic rings. The normalized spacial score (nSPS) is 27.5. The zero-order valence-electron chi connectivity index (χ0n) is 19.9. The SMILES string of the molecule is Cc1ccc(S(=O)(=O)N2C[C@H]([C@H]3CN(S(=O)(=O)c4ccc(C)cc4)[C@@H](C)CO3)OC[C@@H]2C)cc1. The van der Waals surface area contributed by atoms with Gasteiger partial charge in [0.2, 0.25) is 20.0 Å². The van der Waals surface area contributed by atoms with E-state index in [0.29, 0.717) is 0 Å². The molecule has 2 fully saturated rings. The summed E-state index contributed by atoms with van der Waals surface area (Å²) in [5, 5.41) is 0. The van der Waals surface area contributed by atoms with Gasteiger partial charge in [-0.3, -0.25) is 0 Å². The van der Waals surface area contributed by atoms with Gasteiger partial charge in [0.1, 0.15) is 0 Å². The molecule has 0 N–H and O–H groups in total. The second kappa shape index (κ2) is 9.67. The number of morpholine rings is 2. The molecule has 2 saturated heterocycles. The molecule has 186 valence electrons. The lowest BCUT2D eigenvalue weighted by Crippen LogP contribution is -2.60. The quantitative estimate of drug-likeness (QED) is 0.616. The average Bonchev–Trinajstić information content (AvgIpc) is 2.80. The van der Waals surface area contributed by atoms with Crippen LogP contribution >= 0.6 is 0 Å². The molecular weight excluding hydrogens is 476 g/mol. The Morgan fingerprint density at radius 1 is 0.647 bits per heavy atom. The maximum atomic E-state index is 13.3. The van der Waals surface area contributed by atoms with Crippen molar-refractivity contribution in [3.8, 4) is 0 Å². The van der Waals surface area contributed by atoms with Crippen LogP contribution in [0.2, 0.25) is 0 Å². The first-order chi connectivity index (χ1) is 16.0. The number of aryl methyl sites for hydroxylation is 2. The molecule has 2 aliphatic rings. The molecule has 0 radical (unpaired) electrons. The number of hydrogen-bond donors (Lipinski definition) is 0. The maximum absolute atomic E-state index is 13.3. The molecule has 0 spiro atoms. The molecule has 4 atom stereocenters. The molecule has 0 aromatic heterocycles. The van der Waals surface area contributed by atoms with Gasteiger partial charge in [0, 0.05) is 25.2 Å². The molecule has 10 heteroatoms. The Labute approximate surface area is 202 Å². The summed E-state index contributed by atoms with van der Waals surface area (Å²) in [6.07, 6.45) is -1.17. The van der Waals surface area contributed by atoms with E-state index in [4.69, 9.17) is 9.47 Å². The van der Waals surface area contributed by atoms with Gasteiger partial charge < -0.3 is 9.47 Å². The molecule has 8 nitrogen and oxygen atoms in total. The van der Waals surface area contributed by atoms with Gasteiger partial charge in [0.05, 0.1) is 35.2 Å². The summed E-state index contributed by atoms with van der Waals surface area (Å²) in [6, 6.07) is 12.8. The summed E-state index contributed by atoms with van der Waals surface area (Å²) in [7, 11) is -7.47. The van der Waals surface area contributed by atoms with Crippen molar-refractivity contribution >= 4 is 20.0 Å². The van der Waals surface area contributed by atoms with Crippen LogP contribution in [0.25, 0.3) is 0 Å². The topological polar surface area (TPSA) is 93.2 Å². The fourth-order valence-corrected chi connectivity index (χ4v) is 7.58. The summed E-state index contributed by atoms with van der Waals surface area (Å²) in [5.74, 6) is 0. The smallest absolute Gasteiger partial charge is 0.243 e. The van der Waals surface area contributed by atoms with Gasteiger partial charge in [0.15, 0.2) is 0 Å². The Kier molecular flexibility index (Phi) is 7.19. The third-order valence-electron chi connectivity index (χ3n) is 6.48. The molecular formula is C24H32N2O6S2. The van der Waals surface area contributed by atoms with Crippen molar-refractivity contribution in [1.29, 1.82) is 0 Å². The zero-order valence-corrected chi connectivity index (χ0v) is 21.6. The van der Waals surface area contributed by atoms with Gasteiger partial charge in [-0.25, -0.2) is 16.8 Å². The Morgan fingerprint density at radius 2 is 0.971 bits per heavy atom. The second-order valence-corrected chi connectivity index (χ2v) is 13.0. The van der Waals surface area contributed by atoms with E-state index in [1.165, 1.54) is 8.61 Å². The molecule has 0 aliphatic carbocycles. The van der Waals surface area contributed by atoms with Crippen LogP contribution < -0.4 is 0 Å². The first kappa shape index (κ1) is 25.3. The van der Waals surface area contributed by atoms with Crippen LogP contribution in [0.5, 0.6) is 0 Å². The van der Waals surface area contributed by atoms with Crippen molar-refractivity contribution in [2.45, 2.75) is 61.8 Å². The Balaban J connectivity index is 1.55. The summed E-state index contributed by atoms with van der Waals surface area (Å²) in [5.41, 5.74) is 1.96. The minimum Gasteiger partial charge on any atom is -0.372 e. The Morgan fingerprint density at radius 3 is 1.29 bits per heavy atom. The van der Waals surface area contributed by atoms with Gasteiger partial charge in [-0.2, -0.15) is 8.61 Å². The lowest BCUT2D eigenvalue weighted by atomic mass is 10.1. The van der Waals surface area contributed by atoms with Crippen LogP contribution in [0, 0.1) is 13.8 Å². The van der Waals surface area contributed by atoms with E-state index in [0.717, 1.165) is 11.1 Å². The molecule has 2 aromatic carbocycles. The number of hydrogen-bond acceptors (Lipinski definition) is 6. The summed E-state index contributed by atoms with van der Waals surface area (Å²) >= 11 is 0. The van der Waals surface area contributed by atoms with E-state index in [-0.39, 0.29) is 48.2 Å². The predicted octanol–water partition coefficient (Wildman–Crippen LogP) is 2.56.